The third kappa shape index (κ3) is 14.5. The number of hydrogen-bond donors (Lipinski definition) is 0. The maximum absolute atomic E-state index is 14.7. The summed E-state index contributed by atoms with van der Waals surface area (Å²) in [5.74, 6) is 0.348. The highest BCUT2D eigenvalue weighted by Gasteiger charge is 2.41. The van der Waals surface area contributed by atoms with Gasteiger partial charge in [0.1, 0.15) is 29.6 Å². The van der Waals surface area contributed by atoms with Crippen molar-refractivity contribution < 1.29 is 47.6 Å². The Bertz CT molecular complexity index is 2290. The van der Waals surface area contributed by atoms with Gasteiger partial charge in [-0.2, -0.15) is 0 Å². The number of aromatic nitrogens is 1. The number of ether oxygens (including phenoxy) is 6. The average Bonchev–Trinajstić information content (AvgIpc) is 4.06. The zero-order valence-corrected chi connectivity index (χ0v) is 42.1. The van der Waals surface area contributed by atoms with Gasteiger partial charge in [0.25, 0.3) is 0 Å². The molecule has 3 atom stereocenters. The van der Waals surface area contributed by atoms with E-state index in [2.05, 4.69) is 23.6 Å². The van der Waals surface area contributed by atoms with Crippen LogP contribution in [0.5, 0.6) is 5.75 Å². The van der Waals surface area contributed by atoms with Gasteiger partial charge in [0.05, 0.1) is 56.9 Å². The van der Waals surface area contributed by atoms with Crippen molar-refractivity contribution >= 4 is 46.0 Å². The van der Waals surface area contributed by atoms with Gasteiger partial charge < -0.3 is 43.1 Å². The number of benzene rings is 3. The van der Waals surface area contributed by atoms with E-state index in [9.17, 15) is 19.2 Å². The van der Waals surface area contributed by atoms with Crippen molar-refractivity contribution in [2.24, 2.45) is 11.8 Å². The first-order valence-corrected chi connectivity index (χ1v) is 25.9. The van der Waals surface area contributed by atoms with Gasteiger partial charge in [0, 0.05) is 55.4 Å². The van der Waals surface area contributed by atoms with E-state index < -0.39 is 23.7 Å². The molecule has 0 spiro atoms. The number of carbonyl (C=O) groups excluding carboxylic acids is 4. The van der Waals surface area contributed by atoms with Crippen molar-refractivity contribution in [2.75, 3.05) is 66.3 Å². The number of likely N-dealkylation sites (N-methyl/N-ethyl adjacent to an activating group) is 1. The Hall–Kier alpha value is -5.09. The lowest BCUT2D eigenvalue weighted by Gasteiger charge is -2.35. The lowest BCUT2D eigenvalue weighted by atomic mass is 9.76. The van der Waals surface area contributed by atoms with Crippen LogP contribution in [0.15, 0.2) is 72.1 Å². The number of ketones is 1. The molecule has 1 saturated carbocycles. The van der Waals surface area contributed by atoms with E-state index >= 15 is 0 Å². The maximum atomic E-state index is 14.7. The van der Waals surface area contributed by atoms with E-state index in [-0.39, 0.29) is 48.9 Å². The van der Waals surface area contributed by atoms with Crippen LogP contribution in [0.4, 0.5) is 9.59 Å². The van der Waals surface area contributed by atoms with E-state index in [4.69, 9.17) is 33.4 Å². The van der Waals surface area contributed by atoms with Gasteiger partial charge in [0.2, 0.25) is 5.91 Å². The van der Waals surface area contributed by atoms with Gasteiger partial charge >= 0.3 is 12.2 Å². The molecule has 1 aromatic heterocycles. The van der Waals surface area contributed by atoms with Crippen molar-refractivity contribution in [3.8, 4) is 17.0 Å². The Balaban J connectivity index is 0.853. The third-order valence-electron chi connectivity index (χ3n) is 13.5. The molecular weight excluding hydrogens is 897 g/mol. The number of rotatable bonds is 21. The first kappa shape index (κ1) is 51.8. The van der Waals surface area contributed by atoms with E-state index in [0.717, 1.165) is 96.1 Å². The number of piperidine rings is 1. The summed E-state index contributed by atoms with van der Waals surface area (Å²) in [6.07, 6.45) is 7.67. The minimum absolute atomic E-state index is 0.0281. The van der Waals surface area contributed by atoms with Crippen LogP contribution in [0, 0.1) is 11.8 Å². The van der Waals surface area contributed by atoms with Gasteiger partial charge in [-0.3, -0.25) is 9.59 Å². The van der Waals surface area contributed by atoms with Gasteiger partial charge in [-0.25, -0.2) is 14.6 Å². The lowest BCUT2D eigenvalue weighted by Crippen LogP contribution is -2.46. The molecule has 4 aromatic rings. The first-order valence-electron chi connectivity index (χ1n) is 25.0. The summed E-state index contributed by atoms with van der Waals surface area (Å²) in [5.41, 5.74) is 2.14. The molecule has 69 heavy (non-hydrogen) atoms. The van der Waals surface area contributed by atoms with E-state index in [0.29, 0.717) is 59.3 Å². The van der Waals surface area contributed by atoms with Crippen molar-refractivity contribution in [3.63, 3.8) is 0 Å². The third-order valence-corrected chi connectivity index (χ3v) is 14.5. The fourth-order valence-corrected chi connectivity index (χ4v) is 10.6. The fraction of sp³-hybridized carbons (Fsp3) is 0.574. The minimum Gasteiger partial charge on any atom is -0.491 e. The smallest absolute Gasteiger partial charge is 0.410 e. The van der Waals surface area contributed by atoms with Crippen LogP contribution in [0.3, 0.4) is 0 Å². The van der Waals surface area contributed by atoms with Crippen molar-refractivity contribution in [1.29, 1.82) is 0 Å². The second-order valence-electron chi connectivity index (χ2n) is 19.5. The second-order valence-corrected chi connectivity index (χ2v) is 20.4. The summed E-state index contributed by atoms with van der Waals surface area (Å²) in [6.45, 7) is 11.9. The quantitative estimate of drug-likeness (QED) is 0.0736. The van der Waals surface area contributed by atoms with Crippen LogP contribution >= 0.6 is 11.3 Å². The van der Waals surface area contributed by atoms with Crippen LogP contribution in [-0.4, -0.2) is 128 Å². The second kappa shape index (κ2) is 25.2. The summed E-state index contributed by atoms with van der Waals surface area (Å²) < 4.78 is 34.8. The molecule has 1 aliphatic carbocycles. The lowest BCUT2D eigenvalue weighted by molar-refractivity contribution is -0.142. The number of amides is 3. The van der Waals surface area contributed by atoms with E-state index in [1.807, 2.05) is 53.4 Å². The molecule has 7 rings (SSSR count). The van der Waals surface area contributed by atoms with Gasteiger partial charge in [-0.05, 0) is 95.2 Å². The molecule has 0 radical (unpaired) electrons. The summed E-state index contributed by atoms with van der Waals surface area (Å²) in [4.78, 5) is 64.1. The highest BCUT2D eigenvalue weighted by Crippen LogP contribution is 2.42. The number of Topliss-reactive ketones (excluding diaryl/α,β-unsaturated/α-hetero) is 1. The van der Waals surface area contributed by atoms with E-state index in [1.165, 1.54) is 4.90 Å². The normalized spacial score (nSPS) is 18.0. The molecule has 3 fully saturated rings. The average molecular weight is 969 g/mol. The molecular formula is C54H72N4O10S. The Morgan fingerprint density at radius 3 is 2.19 bits per heavy atom. The van der Waals surface area contributed by atoms with Crippen LogP contribution < -0.4 is 4.74 Å². The standard InChI is InChI=1S/C54H72N4O10S/c1-38(56(5)52(61)68-54(2,3)4)48(59)35-45(40-17-10-7-11-18-40)51(60)58-26-14-21-47(58)50-55-46(37-69-50)43-22-23-49(44-20-13-12-19-42(43)44)66-34-32-64-30-29-63-31-33-65-41-24-27-57(28-25-41)53(62)67-36-39-15-8-6-9-16-39/h6,8-9,12-13,15-16,19-20,22-23,37-38,40-41,45,47H,7,10-11,14,17-18,21,24-36H2,1-5H3/t38-,45-,47-/m0/s1. The zero-order chi connectivity index (χ0) is 48.8. The number of carbonyl (C=O) groups is 4. The van der Waals surface area contributed by atoms with Crippen LogP contribution in [0.2, 0.25) is 0 Å². The molecule has 3 heterocycles. The van der Waals surface area contributed by atoms with Gasteiger partial charge in [0.15, 0.2) is 5.78 Å². The molecule has 0 bridgehead atoms. The molecule has 15 heteroatoms. The van der Waals surface area contributed by atoms with E-state index in [1.54, 1.807) is 51.0 Å². The van der Waals surface area contributed by atoms with Crippen molar-refractivity contribution in [1.82, 2.24) is 19.7 Å². The monoisotopic (exact) mass is 968 g/mol. The molecule has 2 aliphatic heterocycles. The fourth-order valence-electron chi connectivity index (χ4n) is 9.59. The number of thiazole rings is 1. The molecule has 0 unspecified atom stereocenters. The summed E-state index contributed by atoms with van der Waals surface area (Å²) in [6, 6.07) is 21.0. The summed E-state index contributed by atoms with van der Waals surface area (Å²) in [7, 11) is 1.59. The zero-order valence-electron chi connectivity index (χ0n) is 41.2. The maximum Gasteiger partial charge on any atom is 0.410 e. The highest BCUT2D eigenvalue weighted by atomic mass is 32.1. The number of fused-ring (bicyclic) bond motifs is 1. The number of nitrogens with zero attached hydrogens (tertiary/aromatic N) is 4. The SMILES string of the molecule is C[C@@H](C(=O)C[C@H](C(=O)N1CCC[C@H]1c1nc(-c2ccc(OCCOCCOCCOC3CCN(C(=O)OCc4ccccc4)CC3)c3ccccc23)cs1)C1CCCCC1)N(C)C(=O)OC(C)(C)C. The van der Waals surface area contributed by atoms with Crippen molar-refractivity contribution in [2.45, 2.75) is 122 Å². The molecule has 0 N–H and O–H groups in total. The van der Waals surface area contributed by atoms with Crippen LogP contribution in [-0.2, 0) is 39.9 Å². The predicted molar refractivity (Wildman–Crippen MR) is 266 cm³/mol. The topological polar surface area (TPSA) is 146 Å². The summed E-state index contributed by atoms with van der Waals surface area (Å²) in [5, 5.41) is 4.98. The van der Waals surface area contributed by atoms with Crippen molar-refractivity contribution in [3.05, 3.63) is 82.7 Å². The molecule has 14 nitrogen and oxygen atoms in total. The van der Waals surface area contributed by atoms with Gasteiger partial charge in [-0.1, -0.05) is 73.9 Å². The molecule has 3 aliphatic rings. The molecule has 374 valence electrons. The predicted octanol–water partition coefficient (Wildman–Crippen LogP) is 10.3. The Labute approximate surface area is 411 Å². The first-order chi connectivity index (χ1) is 33.4. The molecule has 3 amide bonds. The Morgan fingerprint density at radius 1 is 0.783 bits per heavy atom. The largest absolute Gasteiger partial charge is 0.491 e. The van der Waals surface area contributed by atoms with Gasteiger partial charge in [-0.15, -0.1) is 11.3 Å². The molecule has 2 saturated heterocycles. The van der Waals surface area contributed by atoms with Crippen LogP contribution in [0.25, 0.3) is 22.0 Å². The molecule has 3 aromatic carbocycles. The Kier molecular flexibility index (Phi) is 18.9. The Morgan fingerprint density at radius 2 is 1.46 bits per heavy atom. The highest BCUT2D eigenvalue weighted by molar-refractivity contribution is 7.10. The number of likely N-dealkylation sites (tertiary alicyclic amines) is 2. The van der Waals surface area contributed by atoms with Crippen LogP contribution in [0.1, 0.15) is 109 Å². The number of hydrogen-bond acceptors (Lipinski definition) is 12. The summed E-state index contributed by atoms with van der Waals surface area (Å²) >= 11 is 1.58. The minimum atomic E-state index is -0.716.